The maximum absolute atomic E-state index is 12.7. The molecule has 2 N–H and O–H groups in total. The van der Waals surface area contributed by atoms with E-state index in [4.69, 9.17) is 4.98 Å². The number of hydrogen-bond acceptors (Lipinski definition) is 2. The largest absolute Gasteiger partial charge is 0.353 e. The first-order chi connectivity index (χ1) is 17.6. The number of nitrogens with one attached hydrogen (secondary N) is 2. The molecule has 0 unspecified atom stereocenters. The number of aryl methyl sites for hydroxylation is 3. The quantitative estimate of drug-likeness (QED) is 0.227. The van der Waals surface area contributed by atoms with Crippen molar-refractivity contribution in [1.82, 2.24) is 9.97 Å². The first-order valence-corrected chi connectivity index (χ1v) is 13.0. The SMILES string of the molecule is CCCCc1ccc(NC(=O)CCCc2c(-c3ccc4ccccc4n3)[nH]c3ccc(C)cc23)cc1. The molecule has 4 nitrogen and oxygen atoms in total. The average Bonchev–Trinajstić information content (AvgIpc) is 3.25. The minimum absolute atomic E-state index is 0.0534. The number of carbonyl (C=O) groups is 1. The van der Waals surface area contributed by atoms with Gasteiger partial charge in [-0.2, -0.15) is 0 Å². The fraction of sp³-hybridized carbons (Fsp3) is 0.250. The lowest BCUT2D eigenvalue weighted by molar-refractivity contribution is -0.116. The minimum atomic E-state index is 0.0534. The van der Waals surface area contributed by atoms with Crippen LogP contribution in [0.15, 0.2) is 78.9 Å². The fourth-order valence-electron chi connectivity index (χ4n) is 4.83. The number of para-hydroxylation sites is 1. The lowest BCUT2D eigenvalue weighted by Crippen LogP contribution is -2.11. The van der Waals surface area contributed by atoms with Gasteiger partial charge in [-0.3, -0.25) is 4.79 Å². The second kappa shape index (κ2) is 10.8. The van der Waals surface area contributed by atoms with Crippen molar-refractivity contribution in [2.45, 2.75) is 52.4 Å². The number of aromatic amines is 1. The molecule has 0 aliphatic heterocycles. The zero-order chi connectivity index (χ0) is 24.9. The molecule has 0 bridgehead atoms. The van der Waals surface area contributed by atoms with Gasteiger partial charge in [-0.05, 0) is 80.1 Å². The summed E-state index contributed by atoms with van der Waals surface area (Å²) in [4.78, 5) is 21.2. The molecule has 2 aromatic heterocycles. The molecule has 0 atom stereocenters. The highest BCUT2D eigenvalue weighted by Crippen LogP contribution is 2.32. The molecule has 36 heavy (non-hydrogen) atoms. The van der Waals surface area contributed by atoms with Crippen LogP contribution in [0.3, 0.4) is 0 Å². The number of fused-ring (bicyclic) bond motifs is 2. The summed E-state index contributed by atoms with van der Waals surface area (Å²) in [5, 5.41) is 5.40. The molecule has 5 aromatic rings. The number of H-pyrrole nitrogens is 1. The van der Waals surface area contributed by atoms with Crippen LogP contribution in [0.4, 0.5) is 5.69 Å². The summed E-state index contributed by atoms with van der Waals surface area (Å²) in [5.41, 5.74) is 8.70. The number of pyridine rings is 1. The van der Waals surface area contributed by atoms with Gasteiger partial charge in [-0.15, -0.1) is 0 Å². The van der Waals surface area contributed by atoms with Crippen molar-refractivity contribution in [1.29, 1.82) is 0 Å². The summed E-state index contributed by atoms with van der Waals surface area (Å²) < 4.78 is 0. The van der Waals surface area contributed by atoms with Gasteiger partial charge in [0.1, 0.15) is 0 Å². The second-order valence-electron chi connectivity index (χ2n) is 9.62. The third-order valence-corrected chi connectivity index (χ3v) is 6.80. The molecule has 0 saturated carbocycles. The Hall–Kier alpha value is -3.92. The topological polar surface area (TPSA) is 57.8 Å². The Morgan fingerprint density at radius 2 is 1.75 bits per heavy atom. The molecule has 5 rings (SSSR count). The summed E-state index contributed by atoms with van der Waals surface area (Å²) >= 11 is 0. The monoisotopic (exact) mass is 475 g/mol. The highest BCUT2D eigenvalue weighted by atomic mass is 16.1. The minimum Gasteiger partial charge on any atom is -0.353 e. The predicted molar refractivity (Wildman–Crippen MR) is 150 cm³/mol. The number of aromatic nitrogens is 2. The van der Waals surface area contributed by atoms with Gasteiger partial charge in [0.05, 0.1) is 16.9 Å². The number of anilines is 1. The van der Waals surface area contributed by atoms with Crippen molar-refractivity contribution < 1.29 is 4.79 Å². The van der Waals surface area contributed by atoms with Crippen molar-refractivity contribution in [3.05, 3.63) is 95.6 Å². The molecule has 182 valence electrons. The molecule has 0 spiro atoms. The standard InChI is InChI=1S/C32H33N3O/c1-3-4-8-23-14-17-25(18-15-23)33-31(36)12-7-10-26-27-21-22(2)13-19-29(27)35-32(26)30-20-16-24-9-5-6-11-28(24)34-30/h5-6,9,11,13-21,35H,3-4,7-8,10,12H2,1-2H3,(H,33,36). The van der Waals surface area contributed by atoms with Gasteiger partial charge in [0.2, 0.25) is 5.91 Å². The van der Waals surface area contributed by atoms with Crippen LogP contribution in [0.25, 0.3) is 33.2 Å². The Bertz CT molecular complexity index is 1500. The van der Waals surface area contributed by atoms with Crippen molar-refractivity contribution in [2.75, 3.05) is 5.32 Å². The van der Waals surface area contributed by atoms with E-state index in [1.807, 2.05) is 30.3 Å². The van der Waals surface area contributed by atoms with Gasteiger partial charge in [-0.1, -0.05) is 61.4 Å². The molecule has 0 fully saturated rings. The highest BCUT2D eigenvalue weighted by Gasteiger charge is 2.15. The number of amides is 1. The molecule has 1 amide bonds. The summed E-state index contributed by atoms with van der Waals surface area (Å²) in [6.07, 6.45) is 5.51. The van der Waals surface area contributed by atoms with E-state index >= 15 is 0 Å². The van der Waals surface area contributed by atoms with E-state index in [9.17, 15) is 4.79 Å². The Labute approximate surface area is 212 Å². The lowest BCUT2D eigenvalue weighted by Gasteiger charge is -2.08. The highest BCUT2D eigenvalue weighted by molar-refractivity contribution is 5.93. The van der Waals surface area contributed by atoms with E-state index in [2.05, 4.69) is 72.7 Å². The van der Waals surface area contributed by atoms with Crippen LogP contribution < -0.4 is 5.32 Å². The van der Waals surface area contributed by atoms with E-state index < -0.39 is 0 Å². The lowest BCUT2D eigenvalue weighted by atomic mass is 10.0. The smallest absolute Gasteiger partial charge is 0.224 e. The zero-order valence-electron chi connectivity index (χ0n) is 21.1. The van der Waals surface area contributed by atoms with Crippen LogP contribution in [-0.4, -0.2) is 15.9 Å². The second-order valence-corrected chi connectivity index (χ2v) is 9.62. The molecule has 0 aliphatic carbocycles. The van der Waals surface area contributed by atoms with Crippen LogP contribution in [-0.2, 0) is 17.6 Å². The van der Waals surface area contributed by atoms with Crippen molar-refractivity contribution in [2.24, 2.45) is 0 Å². The Balaban J connectivity index is 1.32. The van der Waals surface area contributed by atoms with Crippen LogP contribution in [0.1, 0.15) is 49.3 Å². The molecule has 2 heterocycles. The maximum atomic E-state index is 12.7. The molecule has 0 saturated heterocycles. The molecule has 0 radical (unpaired) electrons. The van der Waals surface area contributed by atoms with E-state index in [1.165, 1.54) is 34.9 Å². The van der Waals surface area contributed by atoms with Crippen molar-refractivity contribution >= 4 is 33.4 Å². The summed E-state index contributed by atoms with van der Waals surface area (Å²) in [7, 11) is 0. The Morgan fingerprint density at radius 1 is 0.917 bits per heavy atom. The Morgan fingerprint density at radius 3 is 2.58 bits per heavy atom. The molecule has 0 aliphatic rings. The predicted octanol–water partition coefficient (Wildman–Crippen LogP) is 8.00. The number of benzene rings is 3. The molecular formula is C32H33N3O. The number of nitrogens with zero attached hydrogens (tertiary/aromatic N) is 1. The first kappa shape index (κ1) is 23.8. The van der Waals surface area contributed by atoms with Crippen LogP contribution in [0.2, 0.25) is 0 Å². The number of carbonyl (C=O) groups excluding carboxylic acids is 1. The van der Waals surface area contributed by atoms with Crippen LogP contribution >= 0.6 is 0 Å². The third-order valence-electron chi connectivity index (χ3n) is 6.80. The normalized spacial score (nSPS) is 11.3. The van der Waals surface area contributed by atoms with E-state index in [1.54, 1.807) is 0 Å². The van der Waals surface area contributed by atoms with Gasteiger partial charge in [-0.25, -0.2) is 4.98 Å². The molecule has 4 heteroatoms. The van der Waals surface area contributed by atoms with Crippen LogP contribution in [0.5, 0.6) is 0 Å². The first-order valence-electron chi connectivity index (χ1n) is 13.0. The van der Waals surface area contributed by atoms with Crippen molar-refractivity contribution in [3.63, 3.8) is 0 Å². The molecular weight excluding hydrogens is 442 g/mol. The van der Waals surface area contributed by atoms with Gasteiger partial charge in [0.25, 0.3) is 0 Å². The maximum Gasteiger partial charge on any atom is 0.224 e. The van der Waals surface area contributed by atoms with Gasteiger partial charge in [0, 0.05) is 28.4 Å². The third kappa shape index (κ3) is 5.33. The van der Waals surface area contributed by atoms with Gasteiger partial charge in [0.15, 0.2) is 0 Å². The van der Waals surface area contributed by atoms with E-state index in [0.29, 0.717) is 6.42 Å². The number of hydrogen-bond donors (Lipinski definition) is 2. The zero-order valence-corrected chi connectivity index (χ0v) is 21.1. The van der Waals surface area contributed by atoms with Gasteiger partial charge < -0.3 is 10.3 Å². The van der Waals surface area contributed by atoms with Gasteiger partial charge >= 0.3 is 0 Å². The van der Waals surface area contributed by atoms with Crippen molar-refractivity contribution in [3.8, 4) is 11.4 Å². The number of rotatable bonds is 9. The summed E-state index contributed by atoms with van der Waals surface area (Å²) in [5.74, 6) is 0.0534. The molecule has 3 aromatic carbocycles. The van der Waals surface area contributed by atoms with Crippen LogP contribution in [0, 0.1) is 6.92 Å². The Kier molecular flexibility index (Phi) is 7.13. The van der Waals surface area contributed by atoms with E-state index in [0.717, 1.165) is 52.8 Å². The summed E-state index contributed by atoms with van der Waals surface area (Å²) in [6.45, 7) is 4.32. The summed E-state index contributed by atoms with van der Waals surface area (Å²) in [6, 6.07) is 27.1. The fourth-order valence-corrected chi connectivity index (χ4v) is 4.83. The van der Waals surface area contributed by atoms with E-state index in [-0.39, 0.29) is 5.91 Å². The number of unbranched alkanes of at least 4 members (excludes halogenated alkanes) is 1. The average molecular weight is 476 g/mol.